The Bertz CT molecular complexity index is 471. The molecular formula is C26H56NO3S+. The lowest BCUT2D eigenvalue weighted by Gasteiger charge is -2.39. The van der Waals surface area contributed by atoms with Crippen LogP contribution in [0.5, 0.6) is 0 Å². The number of quaternary nitrogens is 1. The van der Waals surface area contributed by atoms with Crippen molar-refractivity contribution < 1.29 is 17.5 Å². The molecule has 0 atom stereocenters. The Morgan fingerprint density at radius 1 is 0.484 bits per heavy atom. The summed E-state index contributed by atoms with van der Waals surface area (Å²) in [5, 5.41) is 0. The van der Waals surface area contributed by atoms with Gasteiger partial charge in [0.2, 0.25) is 0 Å². The van der Waals surface area contributed by atoms with Crippen molar-refractivity contribution in [3.63, 3.8) is 0 Å². The van der Waals surface area contributed by atoms with E-state index in [0.717, 1.165) is 17.4 Å². The predicted molar refractivity (Wildman–Crippen MR) is 136 cm³/mol. The average Bonchev–Trinajstić information content (AvgIpc) is 2.73. The van der Waals surface area contributed by atoms with Gasteiger partial charge in [0.25, 0.3) is 10.1 Å². The Labute approximate surface area is 195 Å². The fourth-order valence-electron chi connectivity index (χ4n) is 4.68. The highest BCUT2D eigenvalue weighted by molar-refractivity contribution is 7.85. The number of hydrogen-bond donors (Lipinski definition) is 1. The molecule has 0 unspecified atom stereocenters. The van der Waals surface area contributed by atoms with E-state index in [1.807, 2.05) is 0 Å². The smallest absolute Gasteiger partial charge is 0.264 e. The molecule has 0 aliphatic rings. The Hall–Kier alpha value is -0.130. The van der Waals surface area contributed by atoms with Gasteiger partial charge in [0.05, 0.1) is 31.9 Å². The molecule has 0 aromatic heterocycles. The molecule has 0 aromatic carbocycles. The quantitative estimate of drug-likeness (QED) is 0.0905. The van der Waals surface area contributed by atoms with Crippen molar-refractivity contribution in [3.05, 3.63) is 0 Å². The van der Waals surface area contributed by atoms with E-state index >= 15 is 0 Å². The molecule has 0 bridgehead atoms. The van der Waals surface area contributed by atoms with E-state index in [1.54, 1.807) is 0 Å². The summed E-state index contributed by atoms with van der Waals surface area (Å²) in [5.74, 6) is -0.0901. The van der Waals surface area contributed by atoms with Crippen LogP contribution in [0.25, 0.3) is 0 Å². The average molecular weight is 463 g/mol. The largest absolute Gasteiger partial charge is 0.324 e. The van der Waals surface area contributed by atoms with Crippen LogP contribution in [-0.4, -0.2) is 49.4 Å². The van der Waals surface area contributed by atoms with Crippen LogP contribution in [0.3, 0.4) is 0 Å². The minimum absolute atomic E-state index is 0.0901. The van der Waals surface area contributed by atoms with Crippen LogP contribution in [-0.2, 0) is 10.1 Å². The van der Waals surface area contributed by atoms with Crippen LogP contribution in [0.15, 0.2) is 0 Å². The molecular weight excluding hydrogens is 406 g/mol. The maximum Gasteiger partial charge on any atom is 0.264 e. The third kappa shape index (κ3) is 20.2. The van der Waals surface area contributed by atoms with Crippen LogP contribution in [0.2, 0.25) is 0 Å². The molecule has 0 aromatic rings. The molecule has 0 saturated heterocycles. The summed E-state index contributed by atoms with van der Waals surface area (Å²) >= 11 is 0. The Morgan fingerprint density at radius 3 is 1.19 bits per heavy atom. The molecule has 0 rings (SSSR count). The summed E-state index contributed by atoms with van der Waals surface area (Å²) in [4.78, 5) is 0. The molecule has 0 amide bonds. The zero-order valence-electron chi connectivity index (χ0n) is 21.4. The van der Waals surface area contributed by atoms with Crippen molar-refractivity contribution in [2.45, 2.75) is 136 Å². The third-order valence-corrected chi connectivity index (χ3v) is 7.55. The summed E-state index contributed by atoms with van der Waals surface area (Å²) in [6.07, 6.45) is 23.0. The van der Waals surface area contributed by atoms with Gasteiger partial charge in [-0.05, 0) is 38.5 Å². The molecule has 0 aliphatic carbocycles. The van der Waals surface area contributed by atoms with E-state index in [2.05, 4.69) is 20.8 Å². The monoisotopic (exact) mass is 462 g/mol. The van der Waals surface area contributed by atoms with Crippen molar-refractivity contribution >= 4 is 10.1 Å². The summed E-state index contributed by atoms with van der Waals surface area (Å²) < 4.78 is 32.3. The summed E-state index contributed by atoms with van der Waals surface area (Å²) in [6.45, 7) is 11.5. The van der Waals surface area contributed by atoms with Gasteiger partial charge in [-0.3, -0.25) is 4.55 Å². The minimum Gasteiger partial charge on any atom is -0.324 e. The van der Waals surface area contributed by atoms with Gasteiger partial charge in [-0.1, -0.05) is 97.8 Å². The van der Waals surface area contributed by atoms with Gasteiger partial charge >= 0.3 is 0 Å². The van der Waals surface area contributed by atoms with Crippen LogP contribution >= 0.6 is 0 Å². The van der Waals surface area contributed by atoms with Gasteiger partial charge in [-0.2, -0.15) is 8.42 Å². The molecule has 0 spiro atoms. The van der Waals surface area contributed by atoms with Gasteiger partial charge in [-0.25, -0.2) is 0 Å². The fraction of sp³-hybridized carbons (Fsp3) is 1.00. The van der Waals surface area contributed by atoms with Gasteiger partial charge in [0.15, 0.2) is 0 Å². The highest BCUT2D eigenvalue weighted by Gasteiger charge is 2.25. The molecule has 188 valence electrons. The zero-order valence-corrected chi connectivity index (χ0v) is 22.2. The van der Waals surface area contributed by atoms with Gasteiger partial charge < -0.3 is 4.48 Å². The van der Waals surface area contributed by atoms with Crippen molar-refractivity contribution in [1.82, 2.24) is 0 Å². The predicted octanol–water partition coefficient (Wildman–Crippen LogP) is 7.77. The fourth-order valence-corrected chi connectivity index (χ4v) is 5.25. The van der Waals surface area contributed by atoms with Crippen molar-refractivity contribution in [2.24, 2.45) is 0 Å². The molecule has 0 heterocycles. The Morgan fingerprint density at radius 2 is 0.806 bits per heavy atom. The SMILES string of the molecule is CCCCCCCCCCCCCC[N+](CCCC)(CCCC)CCCCS(=O)(=O)O. The standard InChI is InChI=1S/C26H55NO3S/c1-4-7-10-11-12-13-14-15-16-17-18-19-24-27(22-8-5-2,23-9-6-3)25-20-21-26-31(28,29)30/h4-26H2,1-3H3/p+1. The first-order chi connectivity index (χ1) is 14.9. The van der Waals surface area contributed by atoms with Crippen molar-refractivity contribution in [1.29, 1.82) is 0 Å². The topological polar surface area (TPSA) is 54.4 Å². The van der Waals surface area contributed by atoms with E-state index in [1.165, 1.54) is 122 Å². The second-order valence-corrected chi connectivity index (χ2v) is 11.4. The molecule has 0 radical (unpaired) electrons. The highest BCUT2D eigenvalue weighted by Crippen LogP contribution is 2.18. The normalized spacial score (nSPS) is 12.5. The molecule has 0 aliphatic heterocycles. The first-order valence-electron chi connectivity index (χ1n) is 13.7. The van der Waals surface area contributed by atoms with E-state index in [9.17, 15) is 8.42 Å². The number of nitrogens with zero attached hydrogens (tertiary/aromatic N) is 1. The number of unbranched alkanes of at least 4 members (excludes halogenated alkanes) is 14. The minimum atomic E-state index is -3.82. The van der Waals surface area contributed by atoms with Crippen molar-refractivity contribution in [3.8, 4) is 0 Å². The van der Waals surface area contributed by atoms with Gasteiger partial charge in [0.1, 0.15) is 0 Å². The first-order valence-corrected chi connectivity index (χ1v) is 15.3. The van der Waals surface area contributed by atoms with Crippen LogP contribution in [0.4, 0.5) is 0 Å². The van der Waals surface area contributed by atoms with E-state index < -0.39 is 10.1 Å². The third-order valence-electron chi connectivity index (χ3n) is 6.74. The molecule has 0 fully saturated rings. The van der Waals surface area contributed by atoms with Crippen LogP contribution in [0, 0.1) is 0 Å². The van der Waals surface area contributed by atoms with Crippen LogP contribution < -0.4 is 0 Å². The van der Waals surface area contributed by atoms with Crippen LogP contribution in [0.1, 0.15) is 136 Å². The highest BCUT2D eigenvalue weighted by atomic mass is 32.2. The molecule has 1 N–H and O–H groups in total. The van der Waals surface area contributed by atoms with E-state index in [-0.39, 0.29) is 5.75 Å². The maximum atomic E-state index is 11.0. The number of rotatable bonds is 24. The number of hydrogen-bond acceptors (Lipinski definition) is 2. The molecule has 31 heavy (non-hydrogen) atoms. The molecule has 4 nitrogen and oxygen atoms in total. The molecule has 0 saturated carbocycles. The zero-order chi connectivity index (χ0) is 23.3. The lowest BCUT2D eigenvalue weighted by Crippen LogP contribution is -2.50. The second-order valence-electron chi connectivity index (χ2n) is 9.83. The van der Waals surface area contributed by atoms with E-state index in [0.29, 0.717) is 6.42 Å². The maximum absolute atomic E-state index is 11.0. The summed E-state index contributed by atoms with van der Waals surface area (Å²) in [7, 11) is -3.82. The second kappa shape index (κ2) is 20.5. The lowest BCUT2D eigenvalue weighted by molar-refractivity contribution is -0.929. The van der Waals surface area contributed by atoms with E-state index in [4.69, 9.17) is 4.55 Å². The summed E-state index contributed by atoms with van der Waals surface area (Å²) in [5.41, 5.74) is 0. The van der Waals surface area contributed by atoms with Gasteiger partial charge in [0, 0.05) is 0 Å². The summed E-state index contributed by atoms with van der Waals surface area (Å²) in [6, 6.07) is 0. The lowest BCUT2D eigenvalue weighted by atomic mass is 10.0. The van der Waals surface area contributed by atoms with Crippen molar-refractivity contribution in [2.75, 3.05) is 31.9 Å². The Kier molecular flexibility index (Phi) is 20.4. The first kappa shape index (κ1) is 30.9. The molecule has 5 heteroatoms. The van der Waals surface area contributed by atoms with Gasteiger partial charge in [-0.15, -0.1) is 0 Å². The Balaban J connectivity index is 4.21.